The third-order valence-corrected chi connectivity index (χ3v) is 1.85. The maximum atomic E-state index is 10.8. The van der Waals surface area contributed by atoms with Gasteiger partial charge in [0.25, 0.3) is 0 Å². The minimum Gasteiger partial charge on any atom is -0.300 e. The van der Waals surface area contributed by atoms with E-state index in [0.29, 0.717) is 11.7 Å². The smallest absolute Gasteiger partial charge is 0.133 e. The van der Waals surface area contributed by atoms with Gasteiger partial charge in [-0.15, -0.1) is 0 Å². The minimum atomic E-state index is 0.433. The van der Waals surface area contributed by atoms with Crippen molar-refractivity contribution in [2.75, 3.05) is 0 Å². The number of carbonyl (C=O) groups is 1. The molecule has 0 saturated heterocycles. The van der Waals surface area contributed by atoms with Gasteiger partial charge in [0.05, 0.1) is 0 Å². The van der Waals surface area contributed by atoms with Crippen LogP contribution in [0.2, 0.25) is 0 Å². The van der Waals surface area contributed by atoms with Gasteiger partial charge in [0.15, 0.2) is 0 Å². The van der Waals surface area contributed by atoms with E-state index >= 15 is 0 Å². The molecule has 0 aliphatic heterocycles. The van der Waals surface area contributed by atoms with Crippen molar-refractivity contribution in [2.45, 2.75) is 33.1 Å². The molecule has 1 heteroatoms. The van der Waals surface area contributed by atoms with Crippen LogP contribution in [0.15, 0.2) is 11.6 Å². The van der Waals surface area contributed by atoms with Gasteiger partial charge in [-0.25, -0.2) is 0 Å². The summed E-state index contributed by atoms with van der Waals surface area (Å²) < 4.78 is 0. The van der Waals surface area contributed by atoms with Crippen LogP contribution in [0.3, 0.4) is 0 Å². The summed E-state index contributed by atoms with van der Waals surface area (Å²) >= 11 is 0. The van der Waals surface area contributed by atoms with E-state index in [1.807, 2.05) is 0 Å². The lowest BCUT2D eigenvalue weighted by atomic mass is 10.1. The van der Waals surface area contributed by atoms with Crippen molar-refractivity contribution in [3.8, 4) is 0 Å². The molecule has 56 valence electrons. The summed E-state index contributed by atoms with van der Waals surface area (Å²) in [5, 5.41) is 0. The average molecular weight is 138 g/mol. The second kappa shape index (κ2) is 3.00. The fraction of sp³-hybridized carbons (Fsp3) is 0.667. The molecule has 0 radical (unpaired) electrons. The first-order valence-corrected chi connectivity index (χ1v) is 3.85. The van der Waals surface area contributed by atoms with E-state index in [9.17, 15) is 4.79 Å². The molecule has 0 spiro atoms. The van der Waals surface area contributed by atoms with Gasteiger partial charge in [-0.05, 0) is 26.2 Å². The summed E-state index contributed by atoms with van der Waals surface area (Å²) in [5.41, 5.74) is 1.33. The molecule has 0 amide bonds. The molecule has 1 saturated carbocycles. The zero-order chi connectivity index (χ0) is 7.56. The standard InChI is InChI=1S/C9H14O/c1-7(2)5-8-3-4-9(10)6-8/h5,8H,3-4,6H2,1-2H3. The summed E-state index contributed by atoms with van der Waals surface area (Å²) in [7, 11) is 0. The minimum absolute atomic E-state index is 0.433. The molecule has 0 heterocycles. The first-order chi connectivity index (χ1) is 4.68. The number of allylic oxidation sites excluding steroid dienone is 2. The van der Waals surface area contributed by atoms with Crippen LogP contribution in [-0.2, 0) is 4.79 Å². The van der Waals surface area contributed by atoms with Crippen LogP contribution in [0.5, 0.6) is 0 Å². The molecular weight excluding hydrogens is 124 g/mol. The molecule has 1 fully saturated rings. The monoisotopic (exact) mass is 138 g/mol. The molecule has 0 bridgehead atoms. The maximum absolute atomic E-state index is 10.8. The molecular formula is C9H14O. The average Bonchev–Trinajstić information content (AvgIpc) is 2.13. The fourth-order valence-electron chi connectivity index (χ4n) is 1.46. The van der Waals surface area contributed by atoms with Gasteiger partial charge in [-0.1, -0.05) is 11.6 Å². The zero-order valence-electron chi connectivity index (χ0n) is 6.68. The Morgan fingerprint density at radius 2 is 2.30 bits per heavy atom. The highest BCUT2D eigenvalue weighted by Gasteiger charge is 2.19. The molecule has 1 rings (SSSR count). The van der Waals surface area contributed by atoms with Crippen molar-refractivity contribution in [1.82, 2.24) is 0 Å². The van der Waals surface area contributed by atoms with Crippen LogP contribution in [0.25, 0.3) is 0 Å². The number of rotatable bonds is 1. The number of carbonyl (C=O) groups excluding carboxylic acids is 1. The van der Waals surface area contributed by atoms with Gasteiger partial charge in [-0.2, -0.15) is 0 Å². The maximum Gasteiger partial charge on any atom is 0.133 e. The van der Waals surface area contributed by atoms with Crippen LogP contribution in [0.4, 0.5) is 0 Å². The van der Waals surface area contributed by atoms with E-state index < -0.39 is 0 Å². The van der Waals surface area contributed by atoms with Gasteiger partial charge < -0.3 is 0 Å². The van der Waals surface area contributed by atoms with Gasteiger partial charge in [0.1, 0.15) is 5.78 Å². The highest BCUT2D eigenvalue weighted by Crippen LogP contribution is 2.23. The number of hydrogen-bond donors (Lipinski definition) is 0. The van der Waals surface area contributed by atoms with Crippen LogP contribution in [-0.4, -0.2) is 5.78 Å². The van der Waals surface area contributed by atoms with E-state index in [1.165, 1.54) is 5.57 Å². The second-order valence-electron chi connectivity index (χ2n) is 3.29. The summed E-state index contributed by atoms with van der Waals surface area (Å²) in [6.07, 6.45) is 4.87. The highest BCUT2D eigenvalue weighted by molar-refractivity contribution is 5.80. The second-order valence-corrected chi connectivity index (χ2v) is 3.29. The Morgan fingerprint density at radius 3 is 2.70 bits per heavy atom. The third-order valence-electron chi connectivity index (χ3n) is 1.85. The molecule has 0 N–H and O–H groups in total. The van der Waals surface area contributed by atoms with Gasteiger partial charge in [0, 0.05) is 12.8 Å². The largest absolute Gasteiger partial charge is 0.300 e. The van der Waals surface area contributed by atoms with Gasteiger partial charge in [0.2, 0.25) is 0 Å². The summed E-state index contributed by atoms with van der Waals surface area (Å²) in [5.74, 6) is 0.986. The molecule has 1 aliphatic carbocycles. The van der Waals surface area contributed by atoms with Gasteiger partial charge >= 0.3 is 0 Å². The molecule has 1 atom stereocenters. The van der Waals surface area contributed by atoms with E-state index in [1.54, 1.807) is 0 Å². The van der Waals surface area contributed by atoms with Gasteiger partial charge in [-0.3, -0.25) is 4.79 Å². The molecule has 0 aromatic rings. The Hall–Kier alpha value is -0.590. The van der Waals surface area contributed by atoms with Crippen LogP contribution in [0.1, 0.15) is 33.1 Å². The lowest BCUT2D eigenvalue weighted by molar-refractivity contribution is -0.117. The van der Waals surface area contributed by atoms with E-state index in [2.05, 4.69) is 19.9 Å². The highest BCUT2D eigenvalue weighted by atomic mass is 16.1. The molecule has 0 aromatic carbocycles. The van der Waals surface area contributed by atoms with E-state index in [0.717, 1.165) is 19.3 Å². The quantitative estimate of drug-likeness (QED) is 0.508. The Morgan fingerprint density at radius 1 is 1.60 bits per heavy atom. The predicted octanol–water partition coefficient (Wildman–Crippen LogP) is 2.32. The normalized spacial score (nSPS) is 25.0. The summed E-state index contributed by atoms with van der Waals surface area (Å²) in [6, 6.07) is 0. The number of Topliss-reactive ketones (excluding diaryl/α,β-unsaturated/α-hetero) is 1. The molecule has 1 aliphatic rings. The zero-order valence-corrected chi connectivity index (χ0v) is 6.68. The first kappa shape index (κ1) is 7.52. The van der Waals surface area contributed by atoms with Crippen molar-refractivity contribution >= 4 is 5.78 Å². The van der Waals surface area contributed by atoms with Crippen LogP contribution < -0.4 is 0 Å². The molecule has 1 nitrogen and oxygen atoms in total. The molecule has 1 unspecified atom stereocenters. The van der Waals surface area contributed by atoms with Crippen molar-refractivity contribution in [2.24, 2.45) is 5.92 Å². The van der Waals surface area contributed by atoms with Crippen molar-refractivity contribution < 1.29 is 4.79 Å². The Labute approximate surface area is 62.1 Å². The van der Waals surface area contributed by atoms with E-state index in [4.69, 9.17) is 0 Å². The SMILES string of the molecule is CC(C)=CC1CCC(=O)C1. The third kappa shape index (κ3) is 1.98. The summed E-state index contributed by atoms with van der Waals surface area (Å²) in [6.45, 7) is 4.17. The predicted molar refractivity (Wildman–Crippen MR) is 41.8 cm³/mol. The Balaban J connectivity index is 2.46. The topological polar surface area (TPSA) is 17.1 Å². The fourth-order valence-corrected chi connectivity index (χ4v) is 1.46. The lowest BCUT2D eigenvalue weighted by Crippen LogP contribution is -1.90. The Kier molecular flexibility index (Phi) is 2.25. The van der Waals surface area contributed by atoms with Crippen LogP contribution in [0, 0.1) is 5.92 Å². The van der Waals surface area contributed by atoms with Crippen molar-refractivity contribution in [3.63, 3.8) is 0 Å². The number of ketones is 1. The number of hydrogen-bond acceptors (Lipinski definition) is 1. The first-order valence-electron chi connectivity index (χ1n) is 3.85. The van der Waals surface area contributed by atoms with E-state index in [-0.39, 0.29) is 0 Å². The van der Waals surface area contributed by atoms with Crippen molar-refractivity contribution in [3.05, 3.63) is 11.6 Å². The molecule has 10 heavy (non-hydrogen) atoms. The lowest BCUT2D eigenvalue weighted by Gasteiger charge is -1.99. The van der Waals surface area contributed by atoms with Crippen molar-refractivity contribution in [1.29, 1.82) is 0 Å². The Bertz CT molecular complexity index is 164. The summed E-state index contributed by atoms with van der Waals surface area (Å²) in [4.78, 5) is 10.8. The van der Waals surface area contributed by atoms with Crippen LogP contribution >= 0.6 is 0 Å². The molecule has 0 aromatic heterocycles.